The number of hydrogen-bond donors (Lipinski definition) is 1. The Hall–Kier alpha value is -1.39. The molecule has 20 heavy (non-hydrogen) atoms. The molecule has 0 aromatic rings. The molecule has 1 aliphatic heterocycles. The van der Waals surface area contributed by atoms with Crippen molar-refractivity contribution in [3.63, 3.8) is 0 Å². The van der Waals surface area contributed by atoms with Gasteiger partial charge >= 0.3 is 6.03 Å². The maximum Gasteiger partial charge on any atom is 0.330 e. The van der Waals surface area contributed by atoms with Gasteiger partial charge in [-0.1, -0.05) is 12.8 Å². The zero-order chi connectivity index (χ0) is 14.0. The van der Waals surface area contributed by atoms with E-state index in [1.807, 2.05) is 0 Å². The number of carbonyl (C=O) groups excluding carboxylic acids is 3. The Morgan fingerprint density at radius 2 is 1.70 bits per heavy atom. The molecule has 1 spiro atoms. The summed E-state index contributed by atoms with van der Waals surface area (Å²) in [5, 5.41) is 2.43. The highest BCUT2D eigenvalue weighted by molar-refractivity contribution is 6.19. The molecule has 0 aromatic heterocycles. The number of nitrogens with one attached hydrogen (secondary N) is 1. The van der Waals surface area contributed by atoms with Gasteiger partial charge in [-0.3, -0.25) is 19.8 Å². The quantitative estimate of drug-likeness (QED) is 0.799. The van der Waals surface area contributed by atoms with Crippen molar-refractivity contribution < 1.29 is 14.4 Å². The van der Waals surface area contributed by atoms with E-state index in [2.05, 4.69) is 5.32 Å². The second-order valence-electron chi connectivity index (χ2n) is 7.08. The van der Waals surface area contributed by atoms with Gasteiger partial charge in [0.15, 0.2) is 0 Å². The maximum absolute atomic E-state index is 12.8. The lowest BCUT2D eigenvalue weighted by Gasteiger charge is -2.38. The van der Waals surface area contributed by atoms with E-state index < -0.39 is 11.4 Å². The van der Waals surface area contributed by atoms with Crippen molar-refractivity contribution in [2.45, 2.75) is 51.4 Å². The van der Waals surface area contributed by atoms with Crippen molar-refractivity contribution in [3.05, 3.63) is 0 Å². The van der Waals surface area contributed by atoms with Gasteiger partial charge in [-0.05, 0) is 49.9 Å². The maximum atomic E-state index is 12.8. The molecule has 3 saturated carbocycles. The average Bonchev–Trinajstić information content (AvgIpc) is 3.32. The zero-order valence-electron chi connectivity index (χ0n) is 11.6. The second kappa shape index (κ2) is 3.83. The van der Waals surface area contributed by atoms with Crippen LogP contribution in [0.1, 0.15) is 51.4 Å². The Balaban J connectivity index is 1.60. The number of barbiturate groups is 1. The molecule has 0 aromatic carbocycles. The Bertz CT molecular complexity index is 499. The normalized spacial score (nSPS) is 30.8. The van der Waals surface area contributed by atoms with Crippen LogP contribution < -0.4 is 5.32 Å². The van der Waals surface area contributed by atoms with Gasteiger partial charge in [0.1, 0.15) is 5.41 Å². The van der Waals surface area contributed by atoms with Crippen LogP contribution in [0, 0.1) is 16.7 Å². The van der Waals surface area contributed by atoms with Crippen molar-refractivity contribution in [3.8, 4) is 0 Å². The first kappa shape index (κ1) is 12.4. The summed E-state index contributed by atoms with van der Waals surface area (Å²) in [4.78, 5) is 38.3. The molecule has 4 amide bonds. The number of carbonyl (C=O) groups is 3. The molecule has 4 aliphatic rings. The fourth-order valence-electron chi connectivity index (χ4n) is 4.16. The van der Waals surface area contributed by atoms with Crippen LogP contribution in [0.4, 0.5) is 4.79 Å². The van der Waals surface area contributed by atoms with E-state index in [0.717, 1.165) is 25.7 Å². The average molecular weight is 276 g/mol. The Labute approximate surface area is 118 Å². The van der Waals surface area contributed by atoms with Crippen molar-refractivity contribution >= 4 is 17.8 Å². The van der Waals surface area contributed by atoms with Crippen LogP contribution in [0.5, 0.6) is 0 Å². The van der Waals surface area contributed by atoms with E-state index in [1.54, 1.807) is 0 Å². The fourth-order valence-corrected chi connectivity index (χ4v) is 4.16. The number of hydrogen-bond acceptors (Lipinski definition) is 3. The highest BCUT2D eigenvalue weighted by Crippen LogP contribution is 2.62. The number of amides is 4. The molecule has 108 valence electrons. The number of imide groups is 2. The van der Waals surface area contributed by atoms with E-state index in [9.17, 15) is 14.4 Å². The number of urea groups is 1. The van der Waals surface area contributed by atoms with Gasteiger partial charge in [-0.15, -0.1) is 0 Å². The summed E-state index contributed by atoms with van der Waals surface area (Å²) < 4.78 is 0. The van der Waals surface area contributed by atoms with E-state index >= 15 is 0 Å². The summed E-state index contributed by atoms with van der Waals surface area (Å²) in [5.74, 6) is 0.105. The van der Waals surface area contributed by atoms with E-state index in [0.29, 0.717) is 25.3 Å². The molecule has 0 bridgehead atoms. The number of nitrogens with zero attached hydrogens (tertiary/aromatic N) is 1. The van der Waals surface area contributed by atoms with Gasteiger partial charge in [-0.25, -0.2) is 4.79 Å². The highest BCUT2D eigenvalue weighted by Gasteiger charge is 2.60. The van der Waals surface area contributed by atoms with Crippen LogP contribution in [0.3, 0.4) is 0 Å². The largest absolute Gasteiger partial charge is 0.330 e. The molecule has 0 atom stereocenters. The summed E-state index contributed by atoms with van der Waals surface area (Å²) in [5.41, 5.74) is -0.749. The molecule has 0 unspecified atom stereocenters. The lowest BCUT2D eigenvalue weighted by molar-refractivity contribution is -0.151. The lowest BCUT2D eigenvalue weighted by Crippen LogP contribution is -2.64. The fraction of sp³-hybridized carbons (Fsp3) is 0.800. The van der Waals surface area contributed by atoms with Crippen LogP contribution in [-0.4, -0.2) is 29.3 Å². The van der Waals surface area contributed by atoms with E-state index in [4.69, 9.17) is 0 Å². The smallest absolute Gasteiger partial charge is 0.277 e. The molecule has 5 nitrogen and oxygen atoms in total. The summed E-state index contributed by atoms with van der Waals surface area (Å²) in [6.45, 7) is 0.525. The molecule has 1 heterocycles. The molecule has 3 aliphatic carbocycles. The molecule has 5 heteroatoms. The minimum atomic E-state index is -0.937. The zero-order valence-corrected chi connectivity index (χ0v) is 11.6. The molecule has 1 saturated heterocycles. The summed E-state index contributed by atoms with van der Waals surface area (Å²) in [6, 6.07) is -0.496. The van der Waals surface area contributed by atoms with Crippen molar-refractivity contribution in [1.82, 2.24) is 10.2 Å². The van der Waals surface area contributed by atoms with Gasteiger partial charge < -0.3 is 0 Å². The molecular formula is C15H20N2O3. The Morgan fingerprint density at radius 3 is 2.25 bits per heavy atom. The summed E-state index contributed by atoms with van der Waals surface area (Å²) >= 11 is 0. The lowest BCUT2D eigenvalue weighted by atomic mass is 9.81. The Morgan fingerprint density at radius 1 is 1.05 bits per heavy atom. The first-order valence-electron chi connectivity index (χ1n) is 7.75. The standard InChI is InChI=1S/C15H20N2O3/c18-11-15(5-1-2-6-15)12(19)17(13(20)16-11)9-14(7-8-14)10-3-4-10/h10H,1-9H2,(H,16,18,20). The van der Waals surface area contributed by atoms with Crippen LogP contribution in [0.2, 0.25) is 0 Å². The first-order chi connectivity index (χ1) is 9.57. The van der Waals surface area contributed by atoms with E-state index in [1.165, 1.54) is 17.7 Å². The van der Waals surface area contributed by atoms with Gasteiger partial charge in [0.25, 0.3) is 0 Å². The van der Waals surface area contributed by atoms with Crippen LogP contribution in [0.15, 0.2) is 0 Å². The third kappa shape index (κ3) is 1.58. The molecule has 4 rings (SSSR count). The van der Waals surface area contributed by atoms with Crippen molar-refractivity contribution in [2.24, 2.45) is 16.7 Å². The third-order valence-corrected chi connectivity index (χ3v) is 5.82. The van der Waals surface area contributed by atoms with Crippen LogP contribution >= 0.6 is 0 Å². The summed E-state index contributed by atoms with van der Waals surface area (Å²) in [7, 11) is 0. The van der Waals surface area contributed by atoms with Gasteiger partial charge in [0, 0.05) is 6.54 Å². The Kier molecular flexibility index (Phi) is 2.37. The second-order valence-corrected chi connectivity index (χ2v) is 7.08. The first-order valence-corrected chi connectivity index (χ1v) is 7.75. The summed E-state index contributed by atoms with van der Waals surface area (Å²) in [6.07, 6.45) is 7.69. The number of rotatable bonds is 3. The van der Waals surface area contributed by atoms with E-state index in [-0.39, 0.29) is 17.2 Å². The highest BCUT2D eigenvalue weighted by atomic mass is 16.2. The third-order valence-electron chi connectivity index (χ3n) is 5.82. The molecule has 1 N–H and O–H groups in total. The predicted molar refractivity (Wildman–Crippen MR) is 70.5 cm³/mol. The molecule has 0 radical (unpaired) electrons. The van der Waals surface area contributed by atoms with Crippen LogP contribution in [-0.2, 0) is 9.59 Å². The SMILES string of the molecule is O=C1NC(=O)C2(CCCC2)C(=O)N1CC1(C2CC2)CC1. The molecule has 4 fully saturated rings. The van der Waals surface area contributed by atoms with Gasteiger partial charge in [0.2, 0.25) is 11.8 Å². The van der Waals surface area contributed by atoms with Gasteiger partial charge in [0.05, 0.1) is 0 Å². The minimum absolute atomic E-state index is 0.188. The topological polar surface area (TPSA) is 66.5 Å². The van der Waals surface area contributed by atoms with Gasteiger partial charge in [-0.2, -0.15) is 0 Å². The predicted octanol–water partition coefficient (Wildman–Crippen LogP) is 1.82. The minimum Gasteiger partial charge on any atom is -0.277 e. The van der Waals surface area contributed by atoms with Crippen molar-refractivity contribution in [2.75, 3.05) is 6.54 Å². The van der Waals surface area contributed by atoms with Crippen molar-refractivity contribution in [1.29, 1.82) is 0 Å². The molecular weight excluding hydrogens is 256 g/mol. The monoisotopic (exact) mass is 276 g/mol. The van der Waals surface area contributed by atoms with Crippen LogP contribution in [0.25, 0.3) is 0 Å².